The molecule has 0 heterocycles. The van der Waals surface area contributed by atoms with Gasteiger partial charge < -0.3 is 15.1 Å². The van der Waals surface area contributed by atoms with E-state index in [0.29, 0.717) is 6.04 Å². The van der Waals surface area contributed by atoms with Crippen LogP contribution in [-0.2, 0) is 6.54 Å². The molecule has 0 saturated heterocycles. The van der Waals surface area contributed by atoms with Gasteiger partial charge in [0.2, 0.25) is 0 Å². The molecule has 0 aliphatic heterocycles. The zero-order chi connectivity index (χ0) is 15.1. The van der Waals surface area contributed by atoms with E-state index in [-0.39, 0.29) is 0 Å². The first kappa shape index (κ1) is 17.3. The molecular formula is C16H28ClN3. The molecule has 4 heteroatoms. The Labute approximate surface area is 128 Å². The van der Waals surface area contributed by atoms with Gasteiger partial charge in [-0.05, 0) is 52.2 Å². The SMILES string of the molecule is CCNCc1ccc(N(CC)C(C)CN(C)C)c(Cl)c1. The minimum Gasteiger partial charge on any atom is -0.367 e. The third kappa shape index (κ3) is 4.97. The quantitative estimate of drug-likeness (QED) is 0.795. The van der Waals surface area contributed by atoms with Crippen LogP contribution in [0.25, 0.3) is 0 Å². The maximum atomic E-state index is 6.48. The third-order valence-corrected chi connectivity index (χ3v) is 3.71. The van der Waals surface area contributed by atoms with Crippen LogP contribution in [0.4, 0.5) is 5.69 Å². The minimum atomic E-state index is 0.437. The number of hydrogen-bond donors (Lipinski definition) is 1. The highest BCUT2D eigenvalue weighted by Gasteiger charge is 2.16. The van der Waals surface area contributed by atoms with E-state index < -0.39 is 0 Å². The summed E-state index contributed by atoms with van der Waals surface area (Å²) in [5.41, 5.74) is 2.36. The molecule has 0 aliphatic rings. The van der Waals surface area contributed by atoms with Crippen LogP contribution in [0.15, 0.2) is 18.2 Å². The molecule has 1 atom stereocenters. The van der Waals surface area contributed by atoms with Crippen LogP contribution in [-0.4, -0.2) is 44.7 Å². The van der Waals surface area contributed by atoms with Crippen molar-refractivity contribution in [3.05, 3.63) is 28.8 Å². The smallest absolute Gasteiger partial charge is 0.0642 e. The number of nitrogens with zero attached hydrogens (tertiary/aromatic N) is 2. The number of nitrogens with one attached hydrogen (secondary N) is 1. The Kier molecular flexibility index (Phi) is 7.35. The highest BCUT2D eigenvalue weighted by Crippen LogP contribution is 2.28. The fourth-order valence-corrected chi connectivity index (χ4v) is 2.82. The second-order valence-corrected chi connectivity index (χ2v) is 5.87. The molecule has 114 valence electrons. The molecule has 0 radical (unpaired) electrons. The molecule has 1 N–H and O–H groups in total. The predicted molar refractivity (Wildman–Crippen MR) is 89.9 cm³/mol. The zero-order valence-electron chi connectivity index (χ0n) is 13.4. The number of anilines is 1. The maximum Gasteiger partial charge on any atom is 0.0642 e. The predicted octanol–water partition coefficient (Wildman–Crippen LogP) is 3.23. The number of hydrogen-bond acceptors (Lipinski definition) is 3. The van der Waals surface area contributed by atoms with Crippen molar-refractivity contribution in [3.63, 3.8) is 0 Å². The summed E-state index contributed by atoms with van der Waals surface area (Å²) in [6.07, 6.45) is 0. The second kappa shape index (κ2) is 8.50. The van der Waals surface area contributed by atoms with Crippen molar-refractivity contribution in [2.24, 2.45) is 0 Å². The maximum absolute atomic E-state index is 6.48. The second-order valence-electron chi connectivity index (χ2n) is 5.46. The first-order valence-electron chi connectivity index (χ1n) is 7.40. The van der Waals surface area contributed by atoms with Gasteiger partial charge in [0.15, 0.2) is 0 Å². The summed E-state index contributed by atoms with van der Waals surface area (Å²) in [5, 5.41) is 4.17. The summed E-state index contributed by atoms with van der Waals surface area (Å²) in [7, 11) is 4.21. The Bertz CT molecular complexity index is 407. The lowest BCUT2D eigenvalue weighted by molar-refractivity contribution is 0.373. The zero-order valence-corrected chi connectivity index (χ0v) is 14.2. The molecule has 20 heavy (non-hydrogen) atoms. The van der Waals surface area contributed by atoms with Crippen molar-refractivity contribution < 1.29 is 0 Å². The van der Waals surface area contributed by atoms with Crippen LogP contribution in [0.1, 0.15) is 26.3 Å². The van der Waals surface area contributed by atoms with Crippen LogP contribution in [0.5, 0.6) is 0 Å². The topological polar surface area (TPSA) is 18.5 Å². The summed E-state index contributed by atoms with van der Waals surface area (Å²) in [6.45, 7) is 10.3. The fourth-order valence-electron chi connectivity index (χ4n) is 2.51. The van der Waals surface area contributed by atoms with Crippen LogP contribution < -0.4 is 10.2 Å². The van der Waals surface area contributed by atoms with Gasteiger partial charge in [0.25, 0.3) is 0 Å². The van der Waals surface area contributed by atoms with E-state index in [9.17, 15) is 0 Å². The van der Waals surface area contributed by atoms with Gasteiger partial charge in [0, 0.05) is 25.7 Å². The van der Waals surface area contributed by atoms with Gasteiger partial charge in [0.05, 0.1) is 10.7 Å². The lowest BCUT2D eigenvalue weighted by Gasteiger charge is -2.32. The van der Waals surface area contributed by atoms with Crippen molar-refractivity contribution in [1.29, 1.82) is 0 Å². The molecule has 0 bridgehead atoms. The largest absolute Gasteiger partial charge is 0.367 e. The first-order chi connectivity index (χ1) is 9.49. The lowest BCUT2D eigenvalue weighted by atomic mass is 10.1. The van der Waals surface area contributed by atoms with Crippen LogP contribution in [0.2, 0.25) is 5.02 Å². The lowest BCUT2D eigenvalue weighted by Crippen LogP contribution is -2.40. The number of rotatable bonds is 8. The normalized spacial score (nSPS) is 12.8. The van der Waals surface area contributed by atoms with Gasteiger partial charge in [-0.2, -0.15) is 0 Å². The average molecular weight is 298 g/mol. The van der Waals surface area contributed by atoms with Gasteiger partial charge in [-0.3, -0.25) is 0 Å². The molecule has 1 aromatic carbocycles. The average Bonchev–Trinajstić information content (AvgIpc) is 2.38. The molecule has 0 saturated carbocycles. The van der Waals surface area contributed by atoms with E-state index >= 15 is 0 Å². The molecule has 1 aromatic rings. The Balaban J connectivity index is 2.87. The fraction of sp³-hybridized carbons (Fsp3) is 0.625. The third-order valence-electron chi connectivity index (χ3n) is 3.40. The first-order valence-corrected chi connectivity index (χ1v) is 7.77. The van der Waals surface area contributed by atoms with E-state index in [1.165, 1.54) is 5.56 Å². The molecule has 0 aromatic heterocycles. The van der Waals surface area contributed by atoms with Gasteiger partial charge >= 0.3 is 0 Å². The van der Waals surface area contributed by atoms with Gasteiger partial charge in [-0.25, -0.2) is 0 Å². The van der Waals surface area contributed by atoms with E-state index in [0.717, 1.165) is 36.9 Å². The Hall–Kier alpha value is -0.770. The van der Waals surface area contributed by atoms with Crippen LogP contribution in [0.3, 0.4) is 0 Å². The molecule has 3 nitrogen and oxygen atoms in total. The van der Waals surface area contributed by atoms with Gasteiger partial charge in [-0.15, -0.1) is 0 Å². The summed E-state index contributed by atoms with van der Waals surface area (Å²) >= 11 is 6.48. The van der Waals surface area contributed by atoms with E-state index in [4.69, 9.17) is 11.6 Å². The monoisotopic (exact) mass is 297 g/mol. The van der Waals surface area contributed by atoms with Crippen molar-refractivity contribution in [2.45, 2.75) is 33.4 Å². The molecule has 0 spiro atoms. The Morgan fingerprint density at radius 3 is 2.45 bits per heavy atom. The minimum absolute atomic E-state index is 0.437. The van der Waals surface area contributed by atoms with Crippen molar-refractivity contribution >= 4 is 17.3 Å². The summed E-state index contributed by atoms with van der Waals surface area (Å²) in [6, 6.07) is 6.82. The van der Waals surface area contributed by atoms with Gasteiger partial charge in [0.1, 0.15) is 0 Å². The Morgan fingerprint density at radius 2 is 1.95 bits per heavy atom. The van der Waals surface area contributed by atoms with Crippen molar-refractivity contribution in [3.8, 4) is 0 Å². The summed E-state index contributed by atoms with van der Waals surface area (Å²) in [5.74, 6) is 0. The molecule has 0 aliphatic carbocycles. The molecule has 1 rings (SSSR count). The number of likely N-dealkylation sites (N-methyl/N-ethyl adjacent to an activating group) is 2. The molecule has 0 fully saturated rings. The highest BCUT2D eigenvalue weighted by molar-refractivity contribution is 6.33. The van der Waals surface area contributed by atoms with E-state index in [1.54, 1.807) is 0 Å². The van der Waals surface area contributed by atoms with Crippen LogP contribution in [0, 0.1) is 0 Å². The van der Waals surface area contributed by atoms with E-state index in [2.05, 4.69) is 68.2 Å². The van der Waals surface area contributed by atoms with Crippen LogP contribution >= 0.6 is 11.6 Å². The standard InChI is InChI=1S/C16H28ClN3/c1-6-18-11-14-8-9-16(15(17)10-14)20(7-2)13(3)12-19(4)5/h8-10,13,18H,6-7,11-12H2,1-5H3. The van der Waals surface area contributed by atoms with Crippen molar-refractivity contribution in [1.82, 2.24) is 10.2 Å². The highest BCUT2D eigenvalue weighted by atomic mass is 35.5. The molecular weight excluding hydrogens is 270 g/mol. The summed E-state index contributed by atoms with van der Waals surface area (Å²) in [4.78, 5) is 4.57. The molecule has 0 amide bonds. The Morgan fingerprint density at radius 1 is 1.25 bits per heavy atom. The number of benzene rings is 1. The van der Waals surface area contributed by atoms with E-state index in [1.807, 2.05) is 0 Å². The van der Waals surface area contributed by atoms with Crippen molar-refractivity contribution in [2.75, 3.05) is 38.6 Å². The molecule has 1 unspecified atom stereocenters. The number of halogens is 1. The van der Waals surface area contributed by atoms with Gasteiger partial charge in [-0.1, -0.05) is 24.6 Å². The summed E-state index contributed by atoms with van der Waals surface area (Å²) < 4.78 is 0.